The van der Waals surface area contributed by atoms with Crippen molar-refractivity contribution in [3.05, 3.63) is 12.3 Å². The fourth-order valence-corrected chi connectivity index (χ4v) is 0.372. The molecule has 0 spiro atoms. The number of rotatable bonds is 0. The Morgan fingerprint density at radius 1 is 1.75 bits per heavy atom. The van der Waals surface area contributed by atoms with Gasteiger partial charge in [-0.2, -0.15) is 0 Å². The number of nitrogens with zero attached hydrogens (tertiary/aromatic N) is 1. The summed E-state index contributed by atoms with van der Waals surface area (Å²) in [6.45, 7) is 0.252. The molecule has 8 heavy (non-hydrogen) atoms. The summed E-state index contributed by atoms with van der Waals surface area (Å²) in [5.74, 6) is -0.123. The molecule has 0 saturated heterocycles. The van der Waals surface area contributed by atoms with Gasteiger partial charge in [0.1, 0.15) is 0 Å². The lowest BCUT2D eigenvalue weighted by Gasteiger charge is -1.85. The van der Waals surface area contributed by atoms with Crippen LogP contribution in [0.15, 0.2) is 17.3 Å². The van der Waals surface area contributed by atoms with E-state index in [1.165, 1.54) is 18.6 Å². The number of hydrogen-bond acceptors (Lipinski definition) is 3. The van der Waals surface area contributed by atoms with E-state index in [1.54, 1.807) is 0 Å². The maximum atomic E-state index is 10.4. The summed E-state index contributed by atoms with van der Waals surface area (Å²) in [6, 6.07) is 0. The lowest BCUT2D eigenvalue weighted by molar-refractivity contribution is -0.108. The molecule has 1 aliphatic heterocycles. The summed E-state index contributed by atoms with van der Waals surface area (Å²) in [6.07, 6.45) is 3.91. The van der Waals surface area contributed by atoms with Crippen molar-refractivity contribution in [1.82, 2.24) is 0 Å². The third-order valence-corrected chi connectivity index (χ3v) is 0.696. The molecule has 0 amide bonds. The third-order valence-electron chi connectivity index (χ3n) is 0.696. The summed E-state index contributed by atoms with van der Waals surface area (Å²) in [5, 5.41) is 0. The van der Waals surface area contributed by atoms with Crippen LogP contribution in [0, 0.1) is 0 Å². The van der Waals surface area contributed by atoms with E-state index in [0.717, 1.165) is 0 Å². The van der Waals surface area contributed by atoms with Gasteiger partial charge < -0.3 is 4.74 Å². The van der Waals surface area contributed by atoms with Crippen LogP contribution in [0.2, 0.25) is 0 Å². The molecular formula is C5H5NO2. The monoisotopic (exact) mass is 111 g/mol. The Kier molecular flexibility index (Phi) is 1.42. The molecular weight excluding hydrogens is 106 g/mol. The molecule has 0 N–H and O–H groups in total. The van der Waals surface area contributed by atoms with E-state index in [2.05, 4.69) is 9.73 Å². The van der Waals surface area contributed by atoms with Crippen LogP contribution in [0.25, 0.3) is 0 Å². The highest BCUT2D eigenvalue weighted by Gasteiger charge is 1.91. The third kappa shape index (κ3) is 1.18. The molecule has 1 heterocycles. The van der Waals surface area contributed by atoms with Crippen LogP contribution in [0.1, 0.15) is 0 Å². The Morgan fingerprint density at radius 3 is 3.50 bits per heavy atom. The molecule has 42 valence electrons. The predicted octanol–water partition coefficient (Wildman–Crippen LogP) is 0.128. The van der Waals surface area contributed by atoms with Gasteiger partial charge in [0.05, 0.1) is 12.5 Å². The van der Waals surface area contributed by atoms with Crippen molar-refractivity contribution in [3.63, 3.8) is 0 Å². The topological polar surface area (TPSA) is 38.7 Å². The average Bonchev–Trinajstić information content (AvgIpc) is 1.94. The van der Waals surface area contributed by atoms with Gasteiger partial charge in [0.2, 0.25) is 0 Å². The average molecular weight is 111 g/mol. The fraction of sp³-hybridized carbons (Fsp3) is 0.200. The van der Waals surface area contributed by atoms with Crippen molar-refractivity contribution in [1.29, 1.82) is 0 Å². The molecule has 0 aliphatic carbocycles. The van der Waals surface area contributed by atoms with Crippen LogP contribution in [-0.2, 0) is 9.53 Å². The second kappa shape index (κ2) is 2.26. The fourth-order valence-electron chi connectivity index (χ4n) is 0.372. The zero-order valence-corrected chi connectivity index (χ0v) is 4.20. The first kappa shape index (κ1) is 5.03. The predicted molar refractivity (Wildman–Crippen MR) is 28.6 cm³/mol. The van der Waals surface area contributed by atoms with E-state index in [-0.39, 0.29) is 12.5 Å². The zero-order valence-electron chi connectivity index (χ0n) is 4.20. The first-order valence-corrected chi connectivity index (χ1v) is 2.21. The van der Waals surface area contributed by atoms with Gasteiger partial charge in [0.15, 0.2) is 12.5 Å². The van der Waals surface area contributed by atoms with Gasteiger partial charge in [-0.15, -0.1) is 0 Å². The number of carbonyl (C=O) groups excluding carboxylic acids is 1. The van der Waals surface area contributed by atoms with Crippen molar-refractivity contribution >= 4 is 12.0 Å². The highest BCUT2D eigenvalue weighted by atomic mass is 16.5. The Labute approximate surface area is 46.7 Å². The maximum Gasteiger partial charge on any atom is 0.199 e. The second-order valence-electron chi connectivity index (χ2n) is 1.31. The van der Waals surface area contributed by atoms with E-state index in [0.29, 0.717) is 0 Å². The summed E-state index contributed by atoms with van der Waals surface area (Å²) in [5.41, 5.74) is 0. The Hall–Kier alpha value is -1.12. The Balaban J connectivity index is 2.64. The molecule has 3 nitrogen and oxygen atoms in total. The first-order chi connectivity index (χ1) is 3.89. The van der Waals surface area contributed by atoms with Gasteiger partial charge in [0, 0.05) is 6.08 Å². The van der Waals surface area contributed by atoms with Crippen molar-refractivity contribution in [2.45, 2.75) is 0 Å². The molecule has 1 aliphatic rings. The number of ether oxygens (including phenoxy) is 1. The van der Waals surface area contributed by atoms with Crippen LogP contribution in [0.5, 0.6) is 0 Å². The number of hydrogen-bond donors (Lipinski definition) is 0. The van der Waals surface area contributed by atoms with Crippen LogP contribution in [-0.4, -0.2) is 18.7 Å². The minimum Gasteiger partial charge on any atom is -0.479 e. The lowest BCUT2D eigenvalue weighted by atomic mass is 10.4. The quantitative estimate of drug-likeness (QED) is 0.445. The van der Waals surface area contributed by atoms with Gasteiger partial charge in [-0.1, -0.05) is 0 Å². The maximum absolute atomic E-state index is 10.4. The van der Waals surface area contributed by atoms with E-state index >= 15 is 0 Å². The van der Waals surface area contributed by atoms with Gasteiger partial charge in [0.25, 0.3) is 0 Å². The normalized spacial score (nSPS) is 17.8. The number of allylic oxidation sites excluding steroid dienone is 1. The number of aliphatic imine (C=N–C) groups is 1. The molecule has 0 bridgehead atoms. The lowest BCUT2D eigenvalue weighted by Crippen LogP contribution is -1.90. The number of ketones is 1. The Morgan fingerprint density at radius 2 is 2.62 bits per heavy atom. The minimum absolute atomic E-state index is 0.123. The first-order valence-electron chi connectivity index (χ1n) is 2.21. The second-order valence-corrected chi connectivity index (χ2v) is 1.31. The highest BCUT2D eigenvalue weighted by molar-refractivity contribution is 6.32. The van der Waals surface area contributed by atoms with Crippen LogP contribution in [0.3, 0.4) is 0 Å². The van der Waals surface area contributed by atoms with Gasteiger partial charge in [-0.25, -0.2) is 4.99 Å². The van der Waals surface area contributed by atoms with Crippen LogP contribution >= 0.6 is 0 Å². The molecule has 3 heteroatoms. The summed E-state index contributed by atoms with van der Waals surface area (Å²) in [7, 11) is 0. The van der Waals surface area contributed by atoms with Crippen LogP contribution < -0.4 is 0 Å². The highest BCUT2D eigenvalue weighted by Crippen LogP contribution is 1.84. The molecule has 0 fully saturated rings. The van der Waals surface area contributed by atoms with Crippen molar-refractivity contribution in [2.24, 2.45) is 4.99 Å². The van der Waals surface area contributed by atoms with Gasteiger partial charge in [-0.3, -0.25) is 4.79 Å². The molecule has 0 aromatic heterocycles. The zero-order chi connectivity index (χ0) is 5.82. The van der Waals surface area contributed by atoms with Crippen molar-refractivity contribution in [2.75, 3.05) is 6.73 Å². The largest absolute Gasteiger partial charge is 0.479 e. The summed E-state index contributed by atoms with van der Waals surface area (Å²) < 4.78 is 4.67. The van der Waals surface area contributed by atoms with Gasteiger partial charge >= 0.3 is 0 Å². The standard InChI is InChI=1S/C5H5NO2/c7-5-1-2-8-4-6-3-5/h1-3H,4H2. The molecule has 0 saturated carbocycles. The van der Waals surface area contributed by atoms with Crippen LogP contribution in [0.4, 0.5) is 0 Å². The molecule has 0 aromatic rings. The summed E-state index contributed by atoms with van der Waals surface area (Å²) in [4.78, 5) is 14.0. The number of carbonyl (C=O) groups is 1. The molecule has 0 aromatic carbocycles. The van der Waals surface area contributed by atoms with E-state index in [1.807, 2.05) is 0 Å². The summed E-state index contributed by atoms with van der Waals surface area (Å²) >= 11 is 0. The smallest absolute Gasteiger partial charge is 0.199 e. The molecule has 0 radical (unpaired) electrons. The SMILES string of the molecule is O=C1C=COCN=C1. The van der Waals surface area contributed by atoms with E-state index in [9.17, 15) is 4.79 Å². The van der Waals surface area contributed by atoms with Crippen molar-refractivity contribution < 1.29 is 9.53 Å². The molecule has 0 unspecified atom stereocenters. The van der Waals surface area contributed by atoms with Crippen molar-refractivity contribution in [3.8, 4) is 0 Å². The molecule has 0 atom stereocenters. The Bertz CT molecular complexity index is 133. The van der Waals surface area contributed by atoms with Gasteiger partial charge in [-0.05, 0) is 0 Å². The van der Waals surface area contributed by atoms with E-state index < -0.39 is 0 Å². The van der Waals surface area contributed by atoms with E-state index in [4.69, 9.17) is 0 Å². The molecule has 1 rings (SSSR count). The minimum atomic E-state index is -0.123.